The molecule has 6 nitrogen and oxygen atoms in total. The largest absolute Gasteiger partial charge is 0.497 e. The van der Waals surface area contributed by atoms with Crippen LogP contribution in [0, 0.1) is 0 Å². The van der Waals surface area contributed by atoms with Gasteiger partial charge in [-0.25, -0.2) is 4.79 Å². The Morgan fingerprint density at radius 2 is 1.32 bits per heavy atom. The van der Waals surface area contributed by atoms with Crippen LogP contribution in [0.1, 0.15) is 43.0 Å². The number of rotatable bonds is 11. The van der Waals surface area contributed by atoms with E-state index in [0.717, 1.165) is 25.7 Å². The summed E-state index contributed by atoms with van der Waals surface area (Å²) in [4.78, 5) is 22.8. The third-order valence-electron chi connectivity index (χ3n) is 3.97. The van der Waals surface area contributed by atoms with Gasteiger partial charge in [-0.05, 0) is 74.2 Å². The quantitative estimate of drug-likeness (QED) is 0.323. The molecule has 2 aromatic rings. The number of carbonyl (C=O) groups is 2. The van der Waals surface area contributed by atoms with Crippen molar-refractivity contribution in [3.8, 4) is 17.2 Å². The van der Waals surface area contributed by atoms with E-state index < -0.39 is 5.97 Å². The summed E-state index contributed by atoms with van der Waals surface area (Å²) < 4.78 is 21.0. The Morgan fingerprint density at radius 1 is 0.750 bits per heavy atom. The zero-order chi connectivity index (χ0) is 20.2. The number of hydrogen-bond acceptors (Lipinski definition) is 6. The van der Waals surface area contributed by atoms with Gasteiger partial charge in [-0.2, -0.15) is 0 Å². The predicted molar refractivity (Wildman–Crippen MR) is 105 cm³/mol. The number of benzene rings is 2. The van der Waals surface area contributed by atoms with Crippen molar-refractivity contribution < 1.29 is 28.5 Å². The summed E-state index contributed by atoms with van der Waals surface area (Å²) in [5.74, 6) is 1.20. The first-order valence-corrected chi connectivity index (χ1v) is 9.31. The second-order valence-electron chi connectivity index (χ2n) is 6.19. The van der Waals surface area contributed by atoms with Crippen molar-refractivity contribution >= 4 is 11.9 Å². The molecule has 150 valence electrons. The van der Waals surface area contributed by atoms with E-state index in [-0.39, 0.29) is 5.97 Å². The number of carbonyl (C=O) groups excluding carboxylic acids is 2. The van der Waals surface area contributed by atoms with Crippen LogP contribution in [-0.2, 0) is 9.53 Å². The van der Waals surface area contributed by atoms with E-state index in [1.54, 1.807) is 55.6 Å². The maximum absolute atomic E-state index is 12.2. The Balaban J connectivity index is 1.67. The molecule has 0 aliphatic carbocycles. The number of unbranched alkanes of at least 4 members (excludes halogenated alkanes) is 3. The number of ether oxygens (including phenoxy) is 4. The highest BCUT2D eigenvalue weighted by Gasteiger charge is 2.09. The van der Waals surface area contributed by atoms with Crippen LogP contribution in [0.3, 0.4) is 0 Å². The molecular weight excluding hydrogens is 360 g/mol. The van der Waals surface area contributed by atoms with Gasteiger partial charge >= 0.3 is 11.9 Å². The lowest BCUT2D eigenvalue weighted by Gasteiger charge is -2.08. The first-order valence-electron chi connectivity index (χ1n) is 9.31. The molecule has 0 atom stereocenters. The van der Waals surface area contributed by atoms with Crippen molar-refractivity contribution in [2.24, 2.45) is 0 Å². The highest BCUT2D eigenvalue weighted by Crippen LogP contribution is 2.19. The molecule has 0 aromatic heterocycles. The standard InChI is InChI=1S/C22H26O6/c1-17(23)26-15-5-3-4-6-16-27-20-9-7-18(8-10-20)22(24)28-21-13-11-19(25-2)12-14-21/h7-14H,3-6,15-16H2,1-2H3. The molecule has 0 unspecified atom stereocenters. The van der Waals surface area contributed by atoms with Crippen LogP contribution in [0.5, 0.6) is 17.2 Å². The van der Waals surface area contributed by atoms with E-state index in [4.69, 9.17) is 18.9 Å². The maximum Gasteiger partial charge on any atom is 0.343 e. The minimum Gasteiger partial charge on any atom is -0.497 e. The lowest BCUT2D eigenvalue weighted by atomic mass is 10.2. The van der Waals surface area contributed by atoms with Crippen molar-refractivity contribution in [2.75, 3.05) is 20.3 Å². The topological polar surface area (TPSA) is 71.1 Å². The molecule has 0 heterocycles. The molecule has 0 aliphatic heterocycles. The third kappa shape index (κ3) is 7.70. The Hall–Kier alpha value is -3.02. The second kappa shape index (κ2) is 11.6. The summed E-state index contributed by atoms with van der Waals surface area (Å²) in [6, 6.07) is 13.7. The molecule has 6 heteroatoms. The summed E-state index contributed by atoms with van der Waals surface area (Å²) in [5.41, 5.74) is 0.452. The van der Waals surface area contributed by atoms with E-state index >= 15 is 0 Å². The van der Waals surface area contributed by atoms with Gasteiger partial charge in [0, 0.05) is 6.92 Å². The van der Waals surface area contributed by atoms with E-state index in [2.05, 4.69) is 0 Å². The highest BCUT2D eigenvalue weighted by molar-refractivity contribution is 5.91. The van der Waals surface area contributed by atoms with Crippen molar-refractivity contribution in [2.45, 2.75) is 32.6 Å². The number of hydrogen-bond donors (Lipinski definition) is 0. The average molecular weight is 386 g/mol. The summed E-state index contributed by atoms with van der Waals surface area (Å²) in [5, 5.41) is 0. The Kier molecular flexibility index (Phi) is 8.85. The van der Waals surface area contributed by atoms with Crippen LogP contribution in [0.2, 0.25) is 0 Å². The monoisotopic (exact) mass is 386 g/mol. The zero-order valence-corrected chi connectivity index (χ0v) is 16.3. The fraction of sp³-hybridized carbons (Fsp3) is 0.364. The zero-order valence-electron chi connectivity index (χ0n) is 16.3. The molecule has 0 saturated heterocycles. The van der Waals surface area contributed by atoms with E-state index in [0.29, 0.717) is 36.0 Å². The van der Waals surface area contributed by atoms with Crippen LogP contribution < -0.4 is 14.2 Å². The number of methoxy groups -OCH3 is 1. The SMILES string of the molecule is COc1ccc(OC(=O)c2ccc(OCCCCCCOC(C)=O)cc2)cc1. The molecule has 0 N–H and O–H groups in total. The lowest BCUT2D eigenvalue weighted by molar-refractivity contribution is -0.141. The Labute approximate surface area is 165 Å². The van der Waals surface area contributed by atoms with Gasteiger partial charge in [0.2, 0.25) is 0 Å². The summed E-state index contributed by atoms with van der Waals surface area (Å²) in [6.07, 6.45) is 3.78. The van der Waals surface area contributed by atoms with Crippen molar-refractivity contribution in [3.63, 3.8) is 0 Å². The Bertz CT molecular complexity index is 737. The first kappa shape index (κ1) is 21.3. The normalized spacial score (nSPS) is 10.2. The fourth-order valence-corrected chi connectivity index (χ4v) is 2.46. The lowest BCUT2D eigenvalue weighted by Crippen LogP contribution is -2.08. The van der Waals surface area contributed by atoms with Gasteiger partial charge in [-0.1, -0.05) is 0 Å². The molecule has 2 rings (SSSR count). The molecule has 28 heavy (non-hydrogen) atoms. The number of esters is 2. The highest BCUT2D eigenvalue weighted by atomic mass is 16.5. The third-order valence-corrected chi connectivity index (χ3v) is 3.97. The predicted octanol–water partition coefficient (Wildman–Crippen LogP) is 4.42. The maximum atomic E-state index is 12.2. The van der Waals surface area contributed by atoms with E-state index in [1.165, 1.54) is 6.92 Å². The fourth-order valence-electron chi connectivity index (χ4n) is 2.46. The molecular formula is C22H26O6. The van der Waals surface area contributed by atoms with Gasteiger partial charge in [0.25, 0.3) is 0 Å². The first-order chi connectivity index (χ1) is 13.6. The van der Waals surface area contributed by atoms with Crippen LogP contribution in [0.4, 0.5) is 0 Å². The summed E-state index contributed by atoms with van der Waals surface area (Å²) >= 11 is 0. The molecule has 0 spiro atoms. The summed E-state index contributed by atoms with van der Waals surface area (Å²) in [7, 11) is 1.58. The van der Waals surface area contributed by atoms with Crippen molar-refractivity contribution in [3.05, 3.63) is 54.1 Å². The van der Waals surface area contributed by atoms with Crippen LogP contribution in [-0.4, -0.2) is 32.3 Å². The van der Waals surface area contributed by atoms with Crippen molar-refractivity contribution in [1.82, 2.24) is 0 Å². The molecule has 0 aliphatic rings. The van der Waals surface area contributed by atoms with Gasteiger partial charge < -0.3 is 18.9 Å². The molecule has 0 amide bonds. The van der Waals surface area contributed by atoms with Crippen molar-refractivity contribution in [1.29, 1.82) is 0 Å². The molecule has 0 saturated carbocycles. The van der Waals surface area contributed by atoms with Crippen LogP contribution in [0.25, 0.3) is 0 Å². The van der Waals surface area contributed by atoms with Crippen LogP contribution in [0.15, 0.2) is 48.5 Å². The smallest absolute Gasteiger partial charge is 0.343 e. The minimum absolute atomic E-state index is 0.236. The summed E-state index contributed by atoms with van der Waals surface area (Å²) in [6.45, 7) is 2.49. The molecule has 0 bridgehead atoms. The van der Waals surface area contributed by atoms with Gasteiger partial charge in [0.05, 0.1) is 25.9 Å². The van der Waals surface area contributed by atoms with E-state index in [9.17, 15) is 9.59 Å². The molecule has 0 radical (unpaired) electrons. The van der Waals surface area contributed by atoms with E-state index in [1.807, 2.05) is 0 Å². The van der Waals surface area contributed by atoms with Gasteiger partial charge in [0.15, 0.2) is 0 Å². The van der Waals surface area contributed by atoms with Gasteiger partial charge in [-0.3, -0.25) is 4.79 Å². The molecule has 2 aromatic carbocycles. The minimum atomic E-state index is -0.426. The molecule has 0 fully saturated rings. The average Bonchev–Trinajstić information content (AvgIpc) is 2.70. The van der Waals surface area contributed by atoms with Crippen LogP contribution >= 0.6 is 0 Å². The van der Waals surface area contributed by atoms with Gasteiger partial charge in [0.1, 0.15) is 17.2 Å². The Morgan fingerprint density at radius 3 is 1.93 bits per heavy atom. The second-order valence-corrected chi connectivity index (χ2v) is 6.19. The van der Waals surface area contributed by atoms with Gasteiger partial charge in [-0.15, -0.1) is 0 Å².